The molecule has 2 heterocycles. The van der Waals surface area contributed by atoms with Crippen LogP contribution in [0.25, 0.3) is 0 Å². The summed E-state index contributed by atoms with van der Waals surface area (Å²) in [5.41, 5.74) is 2.21. The number of amides is 1. The molecule has 1 aromatic carbocycles. The SMILES string of the molecule is CN1C(=O)COc2cc(C3CCNCC3)ccc21. The normalized spacial score (nSPS) is 20.5. The standard InChI is InChI=1S/C14H18N2O2/c1-16-12-3-2-11(10-4-6-15-7-5-10)8-13(12)18-9-14(16)17/h2-3,8,10,15H,4-7,9H2,1H3. The second-order valence-electron chi connectivity index (χ2n) is 4.99. The Balaban J connectivity index is 1.89. The molecule has 2 aliphatic heterocycles. The van der Waals surface area contributed by atoms with E-state index in [0.717, 1.165) is 24.5 Å². The van der Waals surface area contributed by atoms with Gasteiger partial charge in [0, 0.05) is 7.05 Å². The summed E-state index contributed by atoms with van der Waals surface area (Å²) in [4.78, 5) is 13.2. The Labute approximate surface area is 107 Å². The molecule has 0 aromatic heterocycles. The molecule has 1 aromatic rings. The minimum absolute atomic E-state index is 0.0112. The van der Waals surface area contributed by atoms with Gasteiger partial charge in [-0.1, -0.05) is 6.07 Å². The summed E-state index contributed by atoms with van der Waals surface area (Å²) in [6.07, 6.45) is 2.35. The number of nitrogens with zero attached hydrogens (tertiary/aromatic N) is 1. The second-order valence-corrected chi connectivity index (χ2v) is 4.99. The zero-order valence-corrected chi connectivity index (χ0v) is 10.6. The molecule has 1 N–H and O–H groups in total. The predicted molar refractivity (Wildman–Crippen MR) is 70.2 cm³/mol. The highest BCUT2D eigenvalue weighted by Crippen LogP contribution is 2.36. The van der Waals surface area contributed by atoms with E-state index in [0.29, 0.717) is 5.92 Å². The Morgan fingerprint density at radius 1 is 1.33 bits per heavy atom. The molecule has 4 heteroatoms. The van der Waals surface area contributed by atoms with E-state index in [2.05, 4.69) is 17.4 Å². The molecule has 0 aliphatic carbocycles. The first-order valence-electron chi connectivity index (χ1n) is 6.50. The van der Waals surface area contributed by atoms with Crippen LogP contribution in [-0.2, 0) is 4.79 Å². The van der Waals surface area contributed by atoms with Gasteiger partial charge in [0.25, 0.3) is 5.91 Å². The summed E-state index contributed by atoms with van der Waals surface area (Å²) in [6.45, 7) is 2.32. The number of rotatable bonds is 1. The van der Waals surface area contributed by atoms with Crippen LogP contribution in [0.1, 0.15) is 24.3 Å². The van der Waals surface area contributed by atoms with E-state index < -0.39 is 0 Å². The fraction of sp³-hybridized carbons (Fsp3) is 0.500. The highest BCUT2D eigenvalue weighted by Gasteiger charge is 2.24. The molecular weight excluding hydrogens is 228 g/mol. The number of benzene rings is 1. The molecule has 0 bridgehead atoms. The van der Waals surface area contributed by atoms with Crippen molar-refractivity contribution in [2.45, 2.75) is 18.8 Å². The molecule has 0 atom stereocenters. The number of anilines is 1. The van der Waals surface area contributed by atoms with Crippen LogP contribution in [0.3, 0.4) is 0 Å². The molecule has 0 unspecified atom stereocenters. The average molecular weight is 246 g/mol. The first-order valence-corrected chi connectivity index (χ1v) is 6.50. The lowest BCUT2D eigenvalue weighted by atomic mass is 9.90. The number of carbonyl (C=O) groups excluding carboxylic acids is 1. The molecule has 0 saturated carbocycles. The van der Waals surface area contributed by atoms with Crippen molar-refractivity contribution in [3.63, 3.8) is 0 Å². The Kier molecular flexibility index (Phi) is 2.96. The zero-order valence-electron chi connectivity index (χ0n) is 10.6. The van der Waals surface area contributed by atoms with Gasteiger partial charge in [0.1, 0.15) is 5.75 Å². The predicted octanol–water partition coefficient (Wildman–Crippen LogP) is 1.51. The van der Waals surface area contributed by atoms with E-state index in [1.165, 1.54) is 18.4 Å². The lowest BCUT2D eigenvalue weighted by Crippen LogP contribution is -2.35. The lowest BCUT2D eigenvalue weighted by molar-refractivity contribution is -0.120. The van der Waals surface area contributed by atoms with E-state index in [9.17, 15) is 4.79 Å². The first kappa shape index (κ1) is 11.5. The Hall–Kier alpha value is -1.55. The summed E-state index contributed by atoms with van der Waals surface area (Å²) in [7, 11) is 1.80. The van der Waals surface area contributed by atoms with Crippen LogP contribution in [0.15, 0.2) is 18.2 Å². The van der Waals surface area contributed by atoms with Gasteiger partial charge in [-0.15, -0.1) is 0 Å². The highest BCUT2D eigenvalue weighted by atomic mass is 16.5. The van der Waals surface area contributed by atoms with Crippen molar-refractivity contribution >= 4 is 11.6 Å². The van der Waals surface area contributed by atoms with Crippen molar-refractivity contribution in [1.82, 2.24) is 5.32 Å². The largest absolute Gasteiger partial charge is 0.482 e. The monoisotopic (exact) mass is 246 g/mol. The van der Waals surface area contributed by atoms with Crippen molar-refractivity contribution in [1.29, 1.82) is 0 Å². The van der Waals surface area contributed by atoms with Gasteiger partial charge in [-0.25, -0.2) is 0 Å². The minimum Gasteiger partial charge on any atom is -0.482 e. The van der Waals surface area contributed by atoms with Crippen LogP contribution in [0, 0.1) is 0 Å². The quantitative estimate of drug-likeness (QED) is 0.816. The number of carbonyl (C=O) groups is 1. The van der Waals surface area contributed by atoms with Gasteiger partial charge in [0.05, 0.1) is 5.69 Å². The zero-order chi connectivity index (χ0) is 12.5. The molecule has 0 radical (unpaired) electrons. The van der Waals surface area contributed by atoms with Gasteiger partial charge < -0.3 is 15.0 Å². The fourth-order valence-electron chi connectivity index (χ4n) is 2.70. The number of ether oxygens (including phenoxy) is 1. The summed E-state index contributed by atoms with van der Waals surface area (Å²) in [5.74, 6) is 1.47. The van der Waals surface area contributed by atoms with Crippen molar-refractivity contribution in [3.05, 3.63) is 23.8 Å². The first-order chi connectivity index (χ1) is 8.75. The summed E-state index contributed by atoms with van der Waals surface area (Å²) in [6, 6.07) is 6.24. The van der Waals surface area contributed by atoms with Crippen LogP contribution in [0.4, 0.5) is 5.69 Å². The van der Waals surface area contributed by atoms with E-state index in [1.54, 1.807) is 11.9 Å². The van der Waals surface area contributed by atoms with Crippen LogP contribution in [-0.4, -0.2) is 32.7 Å². The molecule has 4 nitrogen and oxygen atoms in total. The number of likely N-dealkylation sites (N-methyl/N-ethyl adjacent to an activating group) is 1. The van der Waals surface area contributed by atoms with Crippen molar-refractivity contribution in [2.75, 3.05) is 31.6 Å². The summed E-state index contributed by atoms with van der Waals surface area (Å²) < 4.78 is 5.53. The molecule has 0 spiro atoms. The van der Waals surface area contributed by atoms with E-state index >= 15 is 0 Å². The van der Waals surface area contributed by atoms with Crippen LogP contribution in [0.2, 0.25) is 0 Å². The number of hydrogen-bond donors (Lipinski definition) is 1. The molecule has 3 rings (SSSR count). The maximum atomic E-state index is 11.5. The number of fused-ring (bicyclic) bond motifs is 1. The van der Waals surface area contributed by atoms with Gasteiger partial charge >= 0.3 is 0 Å². The Bertz CT molecular complexity index is 467. The van der Waals surface area contributed by atoms with Crippen molar-refractivity contribution in [2.24, 2.45) is 0 Å². The van der Waals surface area contributed by atoms with E-state index in [-0.39, 0.29) is 12.5 Å². The molecule has 1 saturated heterocycles. The fourth-order valence-corrected chi connectivity index (χ4v) is 2.70. The topological polar surface area (TPSA) is 41.6 Å². The minimum atomic E-state index is 0.0112. The second kappa shape index (κ2) is 4.61. The average Bonchev–Trinajstić information content (AvgIpc) is 2.44. The lowest BCUT2D eigenvalue weighted by Gasteiger charge is -2.28. The van der Waals surface area contributed by atoms with Crippen LogP contribution < -0.4 is 15.0 Å². The van der Waals surface area contributed by atoms with E-state index in [1.807, 2.05) is 6.07 Å². The number of hydrogen-bond acceptors (Lipinski definition) is 3. The molecule has 96 valence electrons. The van der Waals surface area contributed by atoms with Crippen molar-refractivity contribution in [3.8, 4) is 5.75 Å². The van der Waals surface area contributed by atoms with Gasteiger partial charge in [0.15, 0.2) is 6.61 Å². The molecule has 2 aliphatic rings. The van der Waals surface area contributed by atoms with Crippen LogP contribution in [0.5, 0.6) is 5.75 Å². The van der Waals surface area contributed by atoms with Gasteiger partial charge in [-0.2, -0.15) is 0 Å². The molecule has 1 fully saturated rings. The maximum Gasteiger partial charge on any atom is 0.264 e. The Morgan fingerprint density at radius 3 is 2.89 bits per heavy atom. The van der Waals surface area contributed by atoms with E-state index in [4.69, 9.17) is 4.74 Å². The van der Waals surface area contributed by atoms with Gasteiger partial charge in [-0.05, 0) is 49.5 Å². The molecule has 18 heavy (non-hydrogen) atoms. The van der Waals surface area contributed by atoms with Crippen LogP contribution >= 0.6 is 0 Å². The third-order valence-electron chi connectivity index (χ3n) is 3.88. The number of piperidine rings is 1. The Morgan fingerprint density at radius 2 is 2.11 bits per heavy atom. The summed E-state index contributed by atoms with van der Waals surface area (Å²) in [5, 5.41) is 3.38. The van der Waals surface area contributed by atoms with Gasteiger partial charge in [0.2, 0.25) is 0 Å². The number of nitrogens with one attached hydrogen (secondary N) is 1. The smallest absolute Gasteiger partial charge is 0.264 e. The molecular formula is C14H18N2O2. The van der Waals surface area contributed by atoms with Gasteiger partial charge in [-0.3, -0.25) is 4.79 Å². The summed E-state index contributed by atoms with van der Waals surface area (Å²) >= 11 is 0. The third-order valence-corrected chi connectivity index (χ3v) is 3.88. The maximum absolute atomic E-state index is 11.5. The molecule has 1 amide bonds. The highest BCUT2D eigenvalue weighted by molar-refractivity contribution is 5.97. The van der Waals surface area contributed by atoms with Crippen molar-refractivity contribution < 1.29 is 9.53 Å². The third kappa shape index (κ3) is 1.97.